The minimum Gasteiger partial charge on any atom is -0.501 e. The number of nitrogens with one attached hydrogen (secondary N) is 3. The number of alkyl carbamates (subject to hydrolysis) is 1. The van der Waals surface area contributed by atoms with Crippen molar-refractivity contribution in [1.29, 1.82) is 0 Å². The molecule has 0 aliphatic rings. The molecule has 0 bridgehead atoms. The molecule has 2 amide bonds. The van der Waals surface area contributed by atoms with Gasteiger partial charge in [0.2, 0.25) is 5.75 Å². The van der Waals surface area contributed by atoms with E-state index < -0.39 is 34.5 Å². The Hall–Kier alpha value is -4.41. The minimum atomic E-state index is -1.22. The van der Waals surface area contributed by atoms with Gasteiger partial charge in [-0.1, -0.05) is 30.3 Å². The number of H-pyrrole nitrogens is 1. The van der Waals surface area contributed by atoms with E-state index in [9.17, 15) is 19.5 Å². The molecule has 1 aromatic carbocycles. The molecular formula is C24H27N5O6. The summed E-state index contributed by atoms with van der Waals surface area (Å²) in [5.74, 6) is -1.02. The zero-order valence-electron chi connectivity index (χ0n) is 19.6. The number of methoxy groups -OCH3 is 1. The van der Waals surface area contributed by atoms with Gasteiger partial charge < -0.3 is 30.2 Å². The van der Waals surface area contributed by atoms with Gasteiger partial charge in [-0.15, -0.1) is 0 Å². The summed E-state index contributed by atoms with van der Waals surface area (Å²) in [6.07, 6.45) is 2.85. The normalized spacial score (nSPS) is 10.9. The summed E-state index contributed by atoms with van der Waals surface area (Å²) in [7, 11) is 1.52. The number of benzene rings is 1. The first-order valence-electron chi connectivity index (χ1n) is 10.8. The van der Waals surface area contributed by atoms with E-state index in [0.29, 0.717) is 12.2 Å². The number of pyridine rings is 1. The number of aromatic amines is 1. The molecule has 0 unspecified atom stereocenters. The molecule has 0 aliphatic heterocycles. The molecule has 3 rings (SSSR count). The fourth-order valence-electron chi connectivity index (χ4n) is 3.19. The lowest BCUT2D eigenvalue weighted by Gasteiger charge is -2.25. The highest BCUT2D eigenvalue weighted by Gasteiger charge is 2.29. The molecule has 4 N–H and O–H groups in total. The fraction of sp³-hybridized carbons (Fsp3) is 0.292. The Kier molecular flexibility index (Phi) is 8.03. The zero-order valence-corrected chi connectivity index (χ0v) is 19.6. The SMILES string of the molecule is COc1cnccc1CCNC(=O)c1nc(C(C)(C)NC(=O)OCc2ccccc2)[nH]c(=O)c1O. The van der Waals surface area contributed by atoms with Crippen LogP contribution in [-0.2, 0) is 23.3 Å². The highest BCUT2D eigenvalue weighted by atomic mass is 16.5. The second-order valence-corrected chi connectivity index (χ2v) is 8.12. The van der Waals surface area contributed by atoms with E-state index >= 15 is 0 Å². The van der Waals surface area contributed by atoms with E-state index in [0.717, 1.165) is 11.1 Å². The van der Waals surface area contributed by atoms with E-state index in [-0.39, 0.29) is 19.0 Å². The van der Waals surface area contributed by atoms with Gasteiger partial charge in [0.25, 0.3) is 11.5 Å². The molecule has 11 heteroatoms. The van der Waals surface area contributed by atoms with E-state index in [1.165, 1.54) is 7.11 Å². The molecule has 11 nitrogen and oxygen atoms in total. The second kappa shape index (κ2) is 11.1. The predicted octanol–water partition coefficient (Wildman–Crippen LogP) is 2.01. The average molecular weight is 482 g/mol. The first-order chi connectivity index (χ1) is 16.7. The largest absolute Gasteiger partial charge is 0.501 e. The lowest BCUT2D eigenvalue weighted by Crippen LogP contribution is -2.44. The van der Waals surface area contributed by atoms with Gasteiger partial charge in [0, 0.05) is 12.7 Å². The fourth-order valence-corrected chi connectivity index (χ4v) is 3.19. The molecule has 0 aliphatic carbocycles. The third kappa shape index (κ3) is 6.56. The predicted molar refractivity (Wildman–Crippen MR) is 126 cm³/mol. The highest BCUT2D eigenvalue weighted by molar-refractivity contribution is 5.94. The molecule has 0 atom stereocenters. The van der Waals surface area contributed by atoms with Crippen LogP contribution in [0, 0.1) is 0 Å². The molecule has 2 heterocycles. The number of amides is 2. The average Bonchev–Trinajstić information content (AvgIpc) is 2.84. The van der Waals surface area contributed by atoms with Crippen LogP contribution in [0.4, 0.5) is 4.79 Å². The smallest absolute Gasteiger partial charge is 0.408 e. The number of aromatic nitrogens is 3. The van der Waals surface area contributed by atoms with Gasteiger partial charge in [-0.3, -0.25) is 14.6 Å². The summed E-state index contributed by atoms with van der Waals surface area (Å²) in [6, 6.07) is 10.9. The molecule has 0 spiro atoms. The van der Waals surface area contributed by atoms with Crippen LogP contribution in [0.25, 0.3) is 0 Å². The summed E-state index contributed by atoms with van der Waals surface area (Å²) in [5.41, 5.74) is -0.965. The monoisotopic (exact) mass is 481 g/mol. The van der Waals surface area contributed by atoms with Crippen molar-refractivity contribution < 1.29 is 24.2 Å². The van der Waals surface area contributed by atoms with E-state index in [4.69, 9.17) is 9.47 Å². The topological polar surface area (TPSA) is 156 Å². The summed E-state index contributed by atoms with van der Waals surface area (Å²) >= 11 is 0. The Balaban J connectivity index is 1.68. The summed E-state index contributed by atoms with van der Waals surface area (Å²) in [5, 5.41) is 15.4. The van der Waals surface area contributed by atoms with Gasteiger partial charge in [0.05, 0.1) is 18.8 Å². The standard InChI is InChI=1S/C24H27N5O6/c1-24(2,29-23(33)35-14-15-7-5-4-6-8-15)22-27-18(19(30)21(32)28-22)20(31)26-12-10-16-9-11-25-13-17(16)34-3/h4-9,11,13,30H,10,12,14H2,1-3H3,(H,26,31)(H,29,33)(H,27,28,32). The molecule has 3 aromatic rings. The van der Waals surface area contributed by atoms with Gasteiger partial charge in [-0.05, 0) is 37.5 Å². The van der Waals surface area contributed by atoms with Crippen molar-refractivity contribution in [3.63, 3.8) is 0 Å². The van der Waals surface area contributed by atoms with Crippen LogP contribution in [0.15, 0.2) is 53.6 Å². The number of hydrogen-bond donors (Lipinski definition) is 4. The Morgan fingerprint density at radius 1 is 1.17 bits per heavy atom. The van der Waals surface area contributed by atoms with Crippen molar-refractivity contribution in [2.75, 3.05) is 13.7 Å². The Labute approximate surface area is 201 Å². The van der Waals surface area contributed by atoms with Crippen molar-refractivity contribution in [3.8, 4) is 11.5 Å². The maximum Gasteiger partial charge on any atom is 0.408 e. The van der Waals surface area contributed by atoms with Crippen LogP contribution in [0.2, 0.25) is 0 Å². The van der Waals surface area contributed by atoms with Gasteiger partial charge in [0.15, 0.2) is 5.69 Å². The summed E-state index contributed by atoms with van der Waals surface area (Å²) in [4.78, 5) is 47.8. The summed E-state index contributed by atoms with van der Waals surface area (Å²) < 4.78 is 10.4. The van der Waals surface area contributed by atoms with Crippen molar-refractivity contribution in [2.45, 2.75) is 32.4 Å². The number of rotatable bonds is 9. The van der Waals surface area contributed by atoms with Crippen LogP contribution in [0.3, 0.4) is 0 Å². The summed E-state index contributed by atoms with van der Waals surface area (Å²) in [6.45, 7) is 3.39. The van der Waals surface area contributed by atoms with E-state index in [1.54, 1.807) is 32.3 Å². The first-order valence-corrected chi connectivity index (χ1v) is 10.8. The number of carbonyl (C=O) groups is 2. The second-order valence-electron chi connectivity index (χ2n) is 8.12. The molecule has 184 valence electrons. The van der Waals surface area contributed by atoms with Gasteiger partial charge >= 0.3 is 6.09 Å². The Morgan fingerprint density at radius 3 is 2.63 bits per heavy atom. The quantitative estimate of drug-likeness (QED) is 0.362. The molecule has 0 fully saturated rings. The van der Waals surface area contributed by atoms with Crippen molar-refractivity contribution in [1.82, 2.24) is 25.6 Å². The molecule has 0 radical (unpaired) electrons. The first kappa shape index (κ1) is 25.2. The van der Waals surface area contributed by atoms with Crippen LogP contribution < -0.4 is 20.9 Å². The van der Waals surface area contributed by atoms with Gasteiger partial charge in [0.1, 0.15) is 18.2 Å². The molecule has 0 saturated heterocycles. The van der Waals surface area contributed by atoms with Gasteiger partial charge in [-0.25, -0.2) is 9.78 Å². The van der Waals surface area contributed by atoms with Crippen LogP contribution in [0.5, 0.6) is 11.5 Å². The Bertz CT molecular complexity index is 1240. The van der Waals surface area contributed by atoms with Crippen LogP contribution in [0.1, 0.15) is 41.3 Å². The lowest BCUT2D eigenvalue weighted by molar-refractivity contribution is 0.0945. The van der Waals surface area contributed by atoms with Crippen molar-refractivity contribution >= 4 is 12.0 Å². The minimum absolute atomic E-state index is 0.0297. The molecule has 2 aromatic heterocycles. The molecular weight excluding hydrogens is 454 g/mol. The maximum absolute atomic E-state index is 12.7. The maximum atomic E-state index is 12.7. The lowest BCUT2D eigenvalue weighted by atomic mass is 10.0. The zero-order chi connectivity index (χ0) is 25.4. The third-order valence-corrected chi connectivity index (χ3v) is 5.10. The number of nitrogens with zero attached hydrogens (tertiary/aromatic N) is 2. The molecule has 35 heavy (non-hydrogen) atoms. The van der Waals surface area contributed by atoms with Crippen molar-refractivity contribution in [3.05, 3.63) is 81.8 Å². The highest BCUT2D eigenvalue weighted by Crippen LogP contribution is 2.19. The number of aromatic hydroxyl groups is 1. The molecule has 0 saturated carbocycles. The van der Waals surface area contributed by atoms with Crippen molar-refractivity contribution in [2.24, 2.45) is 0 Å². The van der Waals surface area contributed by atoms with Gasteiger partial charge in [-0.2, -0.15) is 0 Å². The van der Waals surface area contributed by atoms with E-state index in [2.05, 4.69) is 25.6 Å². The van der Waals surface area contributed by atoms with E-state index in [1.807, 2.05) is 30.3 Å². The third-order valence-electron chi connectivity index (χ3n) is 5.10. The Morgan fingerprint density at radius 2 is 1.91 bits per heavy atom. The number of ether oxygens (including phenoxy) is 2. The van der Waals surface area contributed by atoms with Crippen LogP contribution in [-0.4, -0.2) is 45.7 Å². The number of hydrogen-bond acceptors (Lipinski definition) is 8. The number of carbonyl (C=O) groups excluding carboxylic acids is 2. The van der Waals surface area contributed by atoms with Crippen LogP contribution >= 0.6 is 0 Å².